The number of nitro groups is 1. The van der Waals surface area contributed by atoms with Gasteiger partial charge in [-0.2, -0.15) is 0 Å². The lowest BCUT2D eigenvalue weighted by molar-refractivity contribution is -0.384. The van der Waals surface area contributed by atoms with Gasteiger partial charge in [0.1, 0.15) is 5.75 Å². The summed E-state index contributed by atoms with van der Waals surface area (Å²) in [6, 6.07) is 7.45. The first-order valence-corrected chi connectivity index (χ1v) is 6.88. The van der Waals surface area contributed by atoms with Gasteiger partial charge in [0.05, 0.1) is 28.8 Å². The average Bonchev–Trinajstić information content (AvgIpc) is 2.55. The van der Waals surface area contributed by atoms with E-state index in [1.54, 1.807) is 0 Å². The molecule has 0 saturated heterocycles. The van der Waals surface area contributed by atoms with Gasteiger partial charge in [0.15, 0.2) is 0 Å². The Morgan fingerprint density at radius 2 is 1.92 bits per heavy atom. The molecule has 0 atom stereocenters. The lowest BCUT2D eigenvalue weighted by Crippen LogP contribution is -2.16. The van der Waals surface area contributed by atoms with Crippen molar-refractivity contribution >= 4 is 34.9 Å². The van der Waals surface area contributed by atoms with Crippen LogP contribution in [-0.2, 0) is 0 Å². The fourth-order valence-corrected chi connectivity index (χ4v) is 2.15. The number of aromatic carboxylic acids is 1. The van der Waals surface area contributed by atoms with E-state index < -0.39 is 16.8 Å². The Bertz CT molecular complexity index is 837. The molecule has 9 heteroatoms. The van der Waals surface area contributed by atoms with Gasteiger partial charge in [-0.1, -0.05) is 11.6 Å². The molecule has 0 fully saturated rings. The summed E-state index contributed by atoms with van der Waals surface area (Å²) in [4.78, 5) is 33.8. The molecule has 0 saturated carbocycles. The number of carboxylic acids is 1. The number of carbonyl (C=O) groups is 2. The molecule has 24 heavy (non-hydrogen) atoms. The van der Waals surface area contributed by atoms with Crippen molar-refractivity contribution in [3.05, 3.63) is 62.7 Å². The molecule has 0 aliphatic rings. The van der Waals surface area contributed by atoms with E-state index in [4.69, 9.17) is 21.4 Å². The van der Waals surface area contributed by atoms with Crippen LogP contribution in [0, 0.1) is 10.1 Å². The van der Waals surface area contributed by atoms with Crippen LogP contribution in [0.3, 0.4) is 0 Å². The van der Waals surface area contributed by atoms with Crippen LogP contribution in [0.5, 0.6) is 5.75 Å². The molecular weight excluding hydrogens is 340 g/mol. The number of methoxy groups -OCH3 is 1. The molecule has 1 amide bonds. The predicted octanol–water partition coefficient (Wildman–Crippen LogP) is 3.21. The van der Waals surface area contributed by atoms with Crippen molar-refractivity contribution in [3.63, 3.8) is 0 Å². The van der Waals surface area contributed by atoms with Crippen molar-refractivity contribution in [1.29, 1.82) is 0 Å². The highest BCUT2D eigenvalue weighted by atomic mass is 35.5. The molecule has 0 radical (unpaired) electrons. The van der Waals surface area contributed by atoms with Gasteiger partial charge < -0.3 is 15.2 Å². The molecule has 0 heterocycles. The van der Waals surface area contributed by atoms with E-state index in [9.17, 15) is 19.7 Å². The van der Waals surface area contributed by atoms with Crippen LogP contribution < -0.4 is 10.1 Å². The molecule has 0 aliphatic heterocycles. The largest absolute Gasteiger partial charge is 0.496 e. The van der Waals surface area contributed by atoms with E-state index in [1.807, 2.05) is 0 Å². The molecular formula is C15H11ClN2O6. The number of benzene rings is 2. The second kappa shape index (κ2) is 6.97. The standard InChI is InChI=1S/C15H11ClN2O6/c1-24-13-5-3-9(18(22)23)7-11(13)14(19)17-12-4-2-8(16)6-10(12)15(20)21/h2-7H,1H3,(H,17,19)(H,20,21). The van der Waals surface area contributed by atoms with Crippen LogP contribution in [0.4, 0.5) is 11.4 Å². The first-order chi connectivity index (χ1) is 11.3. The summed E-state index contributed by atoms with van der Waals surface area (Å²) in [6.07, 6.45) is 0. The zero-order chi connectivity index (χ0) is 17.9. The van der Waals surface area contributed by atoms with E-state index in [2.05, 4.69) is 5.32 Å². The fourth-order valence-electron chi connectivity index (χ4n) is 1.98. The third-order valence-electron chi connectivity index (χ3n) is 3.10. The summed E-state index contributed by atoms with van der Waals surface area (Å²) in [7, 11) is 1.31. The maximum Gasteiger partial charge on any atom is 0.337 e. The molecule has 0 aliphatic carbocycles. The highest BCUT2D eigenvalue weighted by Gasteiger charge is 2.20. The maximum atomic E-state index is 12.4. The normalized spacial score (nSPS) is 10.1. The van der Waals surface area contributed by atoms with Crippen molar-refractivity contribution in [2.24, 2.45) is 0 Å². The second-order valence-electron chi connectivity index (χ2n) is 4.59. The van der Waals surface area contributed by atoms with Crippen molar-refractivity contribution in [2.75, 3.05) is 12.4 Å². The molecule has 2 aromatic rings. The van der Waals surface area contributed by atoms with E-state index in [-0.39, 0.29) is 33.3 Å². The minimum absolute atomic E-state index is 0.00505. The monoisotopic (exact) mass is 350 g/mol. The minimum atomic E-state index is -1.28. The quantitative estimate of drug-likeness (QED) is 0.631. The molecule has 0 unspecified atom stereocenters. The first-order valence-electron chi connectivity index (χ1n) is 6.50. The van der Waals surface area contributed by atoms with Gasteiger partial charge in [-0.3, -0.25) is 14.9 Å². The molecule has 2 N–H and O–H groups in total. The zero-order valence-electron chi connectivity index (χ0n) is 12.3. The van der Waals surface area contributed by atoms with Crippen LogP contribution in [0.15, 0.2) is 36.4 Å². The number of ether oxygens (including phenoxy) is 1. The molecule has 2 rings (SSSR count). The number of hydrogen-bond acceptors (Lipinski definition) is 5. The average molecular weight is 351 g/mol. The highest BCUT2D eigenvalue weighted by Crippen LogP contribution is 2.26. The highest BCUT2D eigenvalue weighted by molar-refractivity contribution is 6.31. The number of nitro benzene ring substituents is 1. The number of anilines is 1. The summed E-state index contributed by atoms with van der Waals surface area (Å²) < 4.78 is 5.01. The number of nitrogens with zero attached hydrogens (tertiary/aromatic N) is 1. The molecule has 0 spiro atoms. The van der Waals surface area contributed by atoms with Crippen LogP contribution >= 0.6 is 11.6 Å². The van der Waals surface area contributed by atoms with E-state index in [0.29, 0.717) is 0 Å². The Morgan fingerprint density at radius 3 is 2.50 bits per heavy atom. The lowest BCUT2D eigenvalue weighted by atomic mass is 10.1. The topological polar surface area (TPSA) is 119 Å². The van der Waals surface area contributed by atoms with E-state index >= 15 is 0 Å². The maximum absolute atomic E-state index is 12.4. The van der Waals surface area contributed by atoms with Gasteiger partial charge in [-0.15, -0.1) is 0 Å². The van der Waals surface area contributed by atoms with Crippen molar-refractivity contribution < 1.29 is 24.4 Å². The number of hydrogen-bond donors (Lipinski definition) is 2. The SMILES string of the molecule is COc1ccc([N+](=O)[O-])cc1C(=O)Nc1ccc(Cl)cc1C(=O)O. The third-order valence-corrected chi connectivity index (χ3v) is 3.33. The van der Waals surface area contributed by atoms with E-state index in [0.717, 1.165) is 6.07 Å². The molecule has 0 aromatic heterocycles. The van der Waals surface area contributed by atoms with Crippen molar-refractivity contribution in [1.82, 2.24) is 0 Å². The number of rotatable bonds is 5. The number of halogens is 1. The Morgan fingerprint density at radius 1 is 1.21 bits per heavy atom. The van der Waals surface area contributed by atoms with Crippen LogP contribution in [0.1, 0.15) is 20.7 Å². The molecule has 124 valence electrons. The summed E-state index contributed by atoms with van der Waals surface area (Å²) in [5.74, 6) is -1.91. The van der Waals surface area contributed by atoms with Crippen LogP contribution in [-0.4, -0.2) is 29.0 Å². The number of carboxylic acid groups (broad SMARTS) is 1. The Kier molecular flexibility index (Phi) is 5.00. The number of amides is 1. The van der Waals surface area contributed by atoms with Crippen LogP contribution in [0.25, 0.3) is 0 Å². The Balaban J connectivity index is 2.42. The number of nitrogens with one attached hydrogen (secondary N) is 1. The van der Waals surface area contributed by atoms with Crippen molar-refractivity contribution in [3.8, 4) is 5.75 Å². The summed E-state index contributed by atoms with van der Waals surface area (Å²) in [5.41, 5.74) is -0.598. The Labute approximate surface area is 140 Å². The van der Waals surface area contributed by atoms with Crippen molar-refractivity contribution in [2.45, 2.75) is 0 Å². The van der Waals surface area contributed by atoms with Gasteiger partial charge in [-0.05, 0) is 24.3 Å². The first kappa shape index (κ1) is 17.2. The number of carbonyl (C=O) groups excluding carboxylic acids is 1. The Hall–Kier alpha value is -3.13. The van der Waals surface area contributed by atoms with Gasteiger partial charge in [0, 0.05) is 17.2 Å². The van der Waals surface area contributed by atoms with Gasteiger partial charge >= 0.3 is 5.97 Å². The van der Waals surface area contributed by atoms with Gasteiger partial charge in [0.2, 0.25) is 0 Å². The molecule has 0 bridgehead atoms. The minimum Gasteiger partial charge on any atom is -0.496 e. The van der Waals surface area contributed by atoms with E-state index in [1.165, 1.54) is 37.4 Å². The second-order valence-corrected chi connectivity index (χ2v) is 5.03. The summed E-state index contributed by atoms with van der Waals surface area (Å²) in [6.45, 7) is 0. The predicted molar refractivity (Wildman–Crippen MR) is 86.0 cm³/mol. The summed E-state index contributed by atoms with van der Waals surface area (Å²) in [5, 5.41) is 22.6. The zero-order valence-corrected chi connectivity index (χ0v) is 13.0. The fraction of sp³-hybridized carbons (Fsp3) is 0.0667. The lowest BCUT2D eigenvalue weighted by Gasteiger charge is -2.11. The van der Waals surface area contributed by atoms with Gasteiger partial charge in [-0.25, -0.2) is 4.79 Å². The number of non-ortho nitro benzene ring substituents is 1. The smallest absolute Gasteiger partial charge is 0.337 e. The van der Waals surface area contributed by atoms with Gasteiger partial charge in [0.25, 0.3) is 11.6 Å². The molecule has 8 nitrogen and oxygen atoms in total. The van der Waals surface area contributed by atoms with Crippen LogP contribution in [0.2, 0.25) is 5.02 Å². The molecule has 2 aromatic carbocycles. The third kappa shape index (κ3) is 3.61. The summed E-state index contributed by atoms with van der Waals surface area (Å²) >= 11 is 5.75.